The van der Waals surface area contributed by atoms with Crippen LogP contribution in [-0.2, 0) is 0 Å². The Kier molecular flexibility index (Phi) is 56.9. The van der Waals surface area contributed by atoms with Crippen molar-refractivity contribution in [2.75, 3.05) is 19.6 Å². The lowest BCUT2D eigenvalue weighted by Crippen LogP contribution is -2.27. The second-order valence-electron chi connectivity index (χ2n) is 18.8. The molecule has 0 saturated carbocycles. The molecule has 0 radical (unpaired) electrons. The van der Waals surface area contributed by atoms with E-state index >= 15 is 0 Å². The highest BCUT2D eigenvalue weighted by molar-refractivity contribution is 4.61. The Morgan fingerprint density at radius 2 is 0.268 bits per heavy atom. The summed E-state index contributed by atoms with van der Waals surface area (Å²) in [7, 11) is 0. The van der Waals surface area contributed by atoms with Crippen molar-refractivity contribution >= 4 is 0 Å². The van der Waals surface area contributed by atoms with Crippen LogP contribution in [0.15, 0.2) is 0 Å². The SMILES string of the molecule is CCCCCCCCCCCCCCCCCCN(CCCCCCCCCCCCCCCCCC)CCCCCCCCCCCCCCCCCC.N. The maximum Gasteiger partial charge on any atom is -0.00187 e. The molecule has 0 unspecified atom stereocenters. The Hall–Kier alpha value is -0.0800. The first-order valence-electron chi connectivity index (χ1n) is 27.1. The third kappa shape index (κ3) is 51.9. The van der Waals surface area contributed by atoms with Crippen LogP contribution in [0.4, 0.5) is 0 Å². The van der Waals surface area contributed by atoms with Gasteiger partial charge in [0.25, 0.3) is 0 Å². The van der Waals surface area contributed by atoms with Crippen LogP contribution in [0.1, 0.15) is 329 Å². The summed E-state index contributed by atoms with van der Waals surface area (Å²) in [5.41, 5.74) is 0. The zero-order valence-electron chi connectivity index (χ0n) is 40.2. The second-order valence-corrected chi connectivity index (χ2v) is 18.8. The highest BCUT2D eigenvalue weighted by Crippen LogP contribution is 2.18. The normalized spacial score (nSPS) is 11.6. The van der Waals surface area contributed by atoms with Crippen molar-refractivity contribution < 1.29 is 0 Å². The van der Waals surface area contributed by atoms with Crippen molar-refractivity contribution in [3.05, 3.63) is 0 Å². The smallest absolute Gasteiger partial charge is 0.00187 e. The Morgan fingerprint density at radius 3 is 0.393 bits per heavy atom. The average Bonchev–Trinajstić information content (AvgIpc) is 3.20. The Morgan fingerprint density at radius 1 is 0.161 bits per heavy atom. The molecule has 0 rings (SSSR count). The first kappa shape index (κ1) is 58.0. The summed E-state index contributed by atoms with van der Waals surface area (Å²) in [5.74, 6) is 0. The third-order valence-corrected chi connectivity index (χ3v) is 13.0. The fraction of sp³-hybridized carbons (Fsp3) is 1.00. The van der Waals surface area contributed by atoms with E-state index in [-0.39, 0.29) is 6.15 Å². The lowest BCUT2D eigenvalue weighted by molar-refractivity contribution is 0.254. The summed E-state index contributed by atoms with van der Waals surface area (Å²) >= 11 is 0. The van der Waals surface area contributed by atoms with E-state index in [1.54, 1.807) is 0 Å². The van der Waals surface area contributed by atoms with Gasteiger partial charge >= 0.3 is 0 Å². The van der Waals surface area contributed by atoms with Gasteiger partial charge in [0, 0.05) is 0 Å². The monoisotopic (exact) mass is 791 g/mol. The van der Waals surface area contributed by atoms with Gasteiger partial charge in [0.2, 0.25) is 0 Å². The average molecular weight is 792 g/mol. The van der Waals surface area contributed by atoms with Crippen molar-refractivity contribution in [1.29, 1.82) is 0 Å². The molecule has 0 heterocycles. The van der Waals surface area contributed by atoms with Crippen LogP contribution in [0.2, 0.25) is 0 Å². The fourth-order valence-electron chi connectivity index (χ4n) is 8.99. The Balaban J connectivity index is 0. The van der Waals surface area contributed by atoms with Crippen LogP contribution in [-0.4, -0.2) is 24.5 Å². The fourth-order valence-corrected chi connectivity index (χ4v) is 8.99. The zero-order chi connectivity index (χ0) is 39.6. The molecule has 0 fully saturated rings. The molecule has 0 aromatic heterocycles. The predicted molar refractivity (Wildman–Crippen MR) is 260 cm³/mol. The van der Waals surface area contributed by atoms with Gasteiger partial charge in [-0.3, -0.25) is 0 Å². The predicted octanol–water partition coefficient (Wildman–Crippen LogP) is 20.2. The standard InChI is InChI=1S/C54H111N.H3N/c1-4-7-10-13-16-19-22-25-28-31-34-37-40-43-46-49-52-55(53-50-47-44-41-38-35-32-29-26-23-20-17-14-11-8-5-2)54-51-48-45-42-39-36-33-30-27-24-21-18-15-12-9-6-3;/h4-54H2,1-3H3;1H3. The number of unbranched alkanes of at least 4 members (excludes halogenated alkanes) is 45. The minimum atomic E-state index is 0. The molecule has 0 atom stereocenters. The molecule has 0 saturated heterocycles. The van der Waals surface area contributed by atoms with Crippen molar-refractivity contribution in [2.45, 2.75) is 329 Å². The molecular formula is C54H114N2. The van der Waals surface area contributed by atoms with Gasteiger partial charge < -0.3 is 11.1 Å². The molecule has 0 spiro atoms. The molecule has 340 valence electrons. The van der Waals surface area contributed by atoms with E-state index in [1.807, 2.05) is 0 Å². The molecule has 0 amide bonds. The quantitative estimate of drug-likeness (QED) is 0.0623. The van der Waals surface area contributed by atoms with Crippen molar-refractivity contribution in [2.24, 2.45) is 0 Å². The molecule has 0 aliphatic heterocycles. The van der Waals surface area contributed by atoms with E-state index in [4.69, 9.17) is 0 Å². The van der Waals surface area contributed by atoms with Crippen LogP contribution >= 0.6 is 0 Å². The second kappa shape index (κ2) is 54.9. The molecule has 2 heteroatoms. The summed E-state index contributed by atoms with van der Waals surface area (Å²) < 4.78 is 0. The van der Waals surface area contributed by atoms with Crippen molar-refractivity contribution in [3.8, 4) is 0 Å². The van der Waals surface area contributed by atoms with Gasteiger partial charge in [-0.25, -0.2) is 0 Å². The van der Waals surface area contributed by atoms with Gasteiger partial charge in [0.1, 0.15) is 0 Å². The Bertz CT molecular complexity index is 548. The van der Waals surface area contributed by atoms with E-state index in [1.165, 1.54) is 328 Å². The van der Waals surface area contributed by atoms with E-state index in [2.05, 4.69) is 25.7 Å². The van der Waals surface area contributed by atoms with Gasteiger partial charge in [-0.15, -0.1) is 0 Å². The molecule has 3 N–H and O–H groups in total. The maximum absolute atomic E-state index is 2.89. The summed E-state index contributed by atoms with van der Waals surface area (Å²) in [6, 6.07) is 0. The summed E-state index contributed by atoms with van der Waals surface area (Å²) in [5, 5.41) is 0. The number of rotatable bonds is 51. The van der Waals surface area contributed by atoms with Crippen LogP contribution in [0.5, 0.6) is 0 Å². The number of hydrogen-bond acceptors (Lipinski definition) is 2. The molecule has 0 bridgehead atoms. The topological polar surface area (TPSA) is 38.2 Å². The van der Waals surface area contributed by atoms with Crippen LogP contribution in [0.25, 0.3) is 0 Å². The van der Waals surface area contributed by atoms with Gasteiger partial charge in [-0.05, 0) is 38.9 Å². The van der Waals surface area contributed by atoms with E-state index in [9.17, 15) is 0 Å². The molecular weight excluding hydrogens is 677 g/mol. The minimum absolute atomic E-state index is 0. The van der Waals surface area contributed by atoms with Crippen LogP contribution in [0, 0.1) is 0 Å². The molecule has 0 aliphatic rings. The lowest BCUT2D eigenvalue weighted by atomic mass is 10.0. The Labute approximate surface area is 358 Å². The first-order chi connectivity index (χ1) is 27.3. The largest absolute Gasteiger partial charge is 0.344 e. The lowest BCUT2D eigenvalue weighted by Gasteiger charge is -2.22. The van der Waals surface area contributed by atoms with E-state index in [0.29, 0.717) is 0 Å². The molecule has 0 aliphatic carbocycles. The highest BCUT2D eigenvalue weighted by Gasteiger charge is 2.06. The molecule has 0 aromatic carbocycles. The van der Waals surface area contributed by atoms with Gasteiger partial charge in [-0.1, -0.05) is 310 Å². The third-order valence-electron chi connectivity index (χ3n) is 13.0. The highest BCUT2D eigenvalue weighted by atomic mass is 15.1. The minimum Gasteiger partial charge on any atom is -0.344 e. The summed E-state index contributed by atoms with van der Waals surface area (Å²) in [4.78, 5) is 2.89. The van der Waals surface area contributed by atoms with Crippen LogP contribution < -0.4 is 6.15 Å². The number of nitrogens with zero attached hydrogens (tertiary/aromatic N) is 1. The number of hydrogen-bond donors (Lipinski definition) is 1. The molecule has 56 heavy (non-hydrogen) atoms. The maximum atomic E-state index is 2.89. The summed E-state index contributed by atoms with van der Waals surface area (Å²) in [6.45, 7) is 11.1. The van der Waals surface area contributed by atoms with Gasteiger partial charge in [0.15, 0.2) is 0 Å². The summed E-state index contributed by atoms with van der Waals surface area (Å²) in [6.07, 6.45) is 70.5. The van der Waals surface area contributed by atoms with E-state index < -0.39 is 0 Å². The van der Waals surface area contributed by atoms with Crippen LogP contribution in [0.3, 0.4) is 0 Å². The van der Waals surface area contributed by atoms with Crippen molar-refractivity contribution in [3.63, 3.8) is 0 Å². The first-order valence-corrected chi connectivity index (χ1v) is 27.1. The zero-order valence-corrected chi connectivity index (χ0v) is 40.2. The van der Waals surface area contributed by atoms with Crippen molar-refractivity contribution in [1.82, 2.24) is 11.1 Å². The molecule has 2 nitrogen and oxygen atoms in total. The van der Waals surface area contributed by atoms with Gasteiger partial charge in [0.05, 0.1) is 0 Å². The van der Waals surface area contributed by atoms with Gasteiger partial charge in [-0.2, -0.15) is 0 Å². The van der Waals surface area contributed by atoms with E-state index in [0.717, 1.165) is 0 Å². The molecule has 0 aromatic rings.